The molecule has 3 aromatic rings. The summed E-state index contributed by atoms with van der Waals surface area (Å²) in [6.45, 7) is 0. The molecule has 0 unspecified atom stereocenters. The lowest BCUT2D eigenvalue weighted by Gasteiger charge is -2.07. The number of primary amides is 1. The van der Waals surface area contributed by atoms with Crippen molar-refractivity contribution in [1.82, 2.24) is 4.98 Å². The number of ether oxygens (including phenoxy) is 1. The molecule has 0 aliphatic carbocycles. The number of nitrogens with two attached hydrogens (primary N) is 1. The highest BCUT2D eigenvalue weighted by Crippen LogP contribution is 2.29. The van der Waals surface area contributed by atoms with Crippen LogP contribution in [-0.2, 0) is 0 Å². The summed E-state index contributed by atoms with van der Waals surface area (Å²) in [7, 11) is 1.63. The van der Waals surface area contributed by atoms with E-state index in [1.807, 2.05) is 36.4 Å². The Bertz CT molecular complexity index is 790. The van der Waals surface area contributed by atoms with Gasteiger partial charge in [-0.1, -0.05) is 12.1 Å². The second kappa shape index (κ2) is 4.74. The van der Waals surface area contributed by atoms with E-state index in [0.717, 1.165) is 27.8 Å². The Morgan fingerprint density at radius 1 is 1.15 bits per heavy atom. The number of amides is 1. The molecule has 2 aromatic carbocycles. The summed E-state index contributed by atoms with van der Waals surface area (Å²) < 4.78 is 5.23. The van der Waals surface area contributed by atoms with Gasteiger partial charge >= 0.3 is 0 Å². The Labute approximate surface area is 116 Å². The summed E-state index contributed by atoms with van der Waals surface area (Å²) in [5.41, 5.74) is 8.63. The molecule has 0 aliphatic rings. The standard InChI is InChI=1S/C16H14N2O2/c1-20-13-4-2-3-10(8-13)12-7-11-5-6-18-15(11)14(9-12)16(17)19/h2-9,18H,1H3,(H2,17,19). The molecule has 0 radical (unpaired) electrons. The summed E-state index contributed by atoms with van der Waals surface area (Å²) in [5, 5.41) is 0.958. The summed E-state index contributed by atoms with van der Waals surface area (Å²) in [4.78, 5) is 14.6. The van der Waals surface area contributed by atoms with Gasteiger partial charge in [0.15, 0.2) is 0 Å². The van der Waals surface area contributed by atoms with Crippen LogP contribution in [0.25, 0.3) is 22.0 Å². The molecule has 4 nitrogen and oxygen atoms in total. The van der Waals surface area contributed by atoms with Gasteiger partial charge in [-0.3, -0.25) is 4.79 Å². The van der Waals surface area contributed by atoms with E-state index in [0.29, 0.717) is 5.56 Å². The molecule has 20 heavy (non-hydrogen) atoms. The summed E-state index contributed by atoms with van der Waals surface area (Å²) in [5.74, 6) is 0.333. The summed E-state index contributed by atoms with van der Waals surface area (Å²) in [6.07, 6.45) is 1.80. The number of methoxy groups -OCH3 is 1. The van der Waals surface area contributed by atoms with Crippen molar-refractivity contribution >= 4 is 16.8 Å². The van der Waals surface area contributed by atoms with Crippen LogP contribution in [0.1, 0.15) is 10.4 Å². The molecule has 3 N–H and O–H groups in total. The molecule has 0 aliphatic heterocycles. The van der Waals surface area contributed by atoms with Gasteiger partial charge in [0.2, 0.25) is 0 Å². The van der Waals surface area contributed by atoms with E-state index in [1.165, 1.54) is 0 Å². The molecule has 1 amide bonds. The van der Waals surface area contributed by atoms with E-state index in [9.17, 15) is 4.79 Å². The number of fused-ring (bicyclic) bond motifs is 1. The van der Waals surface area contributed by atoms with Gasteiger partial charge in [-0.05, 0) is 41.5 Å². The van der Waals surface area contributed by atoms with Gasteiger partial charge in [0.1, 0.15) is 5.75 Å². The van der Waals surface area contributed by atoms with Crippen molar-refractivity contribution < 1.29 is 9.53 Å². The third-order valence-corrected chi connectivity index (χ3v) is 3.33. The number of aromatic nitrogens is 1. The van der Waals surface area contributed by atoms with Crippen LogP contribution in [0.4, 0.5) is 0 Å². The van der Waals surface area contributed by atoms with Crippen LogP contribution in [0.3, 0.4) is 0 Å². The molecule has 0 spiro atoms. The molecular weight excluding hydrogens is 252 g/mol. The molecule has 100 valence electrons. The smallest absolute Gasteiger partial charge is 0.250 e. The number of rotatable bonds is 3. The minimum absolute atomic E-state index is 0.442. The van der Waals surface area contributed by atoms with Crippen LogP contribution in [0.15, 0.2) is 48.7 Å². The monoisotopic (exact) mass is 266 g/mol. The number of benzene rings is 2. The normalized spacial score (nSPS) is 10.7. The molecule has 0 atom stereocenters. The maximum absolute atomic E-state index is 11.6. The maximum Gasteiger partial charge on any atom is 0.250 e. The molecule has 4 heteroatoms. The molecule has 0 saturated heterocycles. The van der Waals surface area contributed by atoms with Crippen molar-refractivity contribution in [2.45, 2.75) is 0 Å². The molecule has 0 bridgehead atoms. The minimum Gasteiger partial charge on any atom is -0.497 e. The van der Waals surface area contributed by atoms with Gasteiger partial charge in [0, 0.05) is 11.6 Å². The van der Waals surface area contributed by atoms with Crippen LogP contribution >= 0.6 is 0 Å². The van der Waals surface area contributed by atoms with Crippen LogP contribution in [0.5, 0.6) is 5.75 Å². The van der Waals surface area contributed by atoms with E-state index in [2.05, 4.69) is 4.98 Å². The number of nitrogens with one attached hydrogen (secondary N) is 1. The first-order chi connectivity index (χ1) is 9.69. The van der Waals surface area contributed by atoms with Crippen molar-refractivity contribution in [3.8, 4) is 16.9 Å². The third kappa shape index (κ3) is 2.01. The van der Waals surface area contributed by atoms with Gasteiger partial charge in [-0.25, -0.2) is 0 Å². The average molecular weight is 266 g/mol. The first-order valence-corrected chi connectivity index (χ1v) is 6.24. The van der Waals surface area contributed by atoms with Crippen LogP contribution in [0.2, 0.25) is 0 Å². The van der Waals surface area contributed by atoms with Gasteiger partial charge in [-0.15, -0.1) is 0 Å². The predicted molar refractivity (Wildman–Crippen MR) is 78.8 cm³/mol. The second-order valence-corrected chi connectivity index (χ2v) is 4.56. The van der Waals surface area contributed by atoms with Gasteiger partial charge in [-0.2, -0.15) is 0 Å². The van der Waals surface area contributed by atoms with Crippen LogP contribution in [0, 0.1) is 0 Å². The highest BCUT2D eigenvalue weighted by atomic mass is 16.5. The first-order valence-electron chi connectivity index (χ1n) is 6.24. The van der Waals surface area contributed by atoms with Crippen molar-refractivity contribution in [2.24, 2.45) is 5.73 Å². The maximum atomic E-state index is 11.6. The zero-order chi connectivity index (χ0) is 14.1. The Hall–Kier alpha value is -2.75. The minimum atomic E-state index is -0.442. The Morgan fingerprint density at radius 3 is 2.75 bits per heavy atom. The van der Waals surface area contributed by atoms with Crippen LogP contribution < -0.4 is 10.5 Å². The van der Waals surface area contributed by atoms with E-state index in [-0.39, 0.29) is 0 Å². The molecule has 0 fully saturated rings. The SMILES string of the molecule is COc1cccc(-c2cc(C(N)=O)c3[nH]ccc3c2)c1. The fourth-order valence-electron chi connectivity index (χ4n) is 2.34. The number of hydrogen-bond donors (Lipinski definition) is 2. The predicted octanol–water partition coefficient (Wildman–Crippen LogP) is 2.94. The topological polar surface area (TPSA) is 68.1 Å². The lowest BCUT2D eigenvalue weighted by molar-refractivity contribution is 0.100. The zero-order valence-electron chi connectivity index (χ0n) is 11.0. The fourth-order valence-corrected chi connectivity index (χ4v) is 2.34. The number of H-pyrrole nitrogens is 1. The number of carbonyl (C=O) groups is 1. The number of hydrogen-bond acceptors (Lipinski definition) is 2. The Balaban J connectivity index is 2.22. The third-order valence-electron chi connectivity index (χ3n) is 3.33. The lowest BCUT2D eigenvalue weighted by atomic mass is 10.00. The number of carbonyl (C=O) groups excluding carboxylic acids is 1. The van der Waals surface area contributed by atoms with Crippen molar-refractivity contribution in [3.63, 3.8) is 0 Å². The largest absolute Gasteiger partial charge is 0.497 e. The van der Waals surface area contributed by atoms with Crippen LogP contribution in [-0.4, -0.2) is 18.0 Å². The molecule has 1 aromatic heterocycles. The molecular formula is C16H14N2O2. The van der Waals surface area contributed by atoms with Crippen molar-refractivity contribution in [2.75, 3.05) is 7.11 Å². The fraction of sp³-hybridized carbons (Fsp3) is 0.0625. The number of aromatic amines is 1. The zero-order valence-corrected chi connectivity index (χ0v) is 11.0. The quantitative estimate of drug-likeness (QED) is 0.765. The molecule has 3 rings (SSSR count). The summed E-state index contributed by atoms with van der Waals surface area (Å²) >= 11 is 0. The average Bonchev–Trinajstić information content (AvgIpc) is 2.94. The highest BCUT2D eigenvalue weighted by Gasteiger charge is 2.11. The Kier molecular flexibility index (Phi) is 2.91. The van der Waals surface area contributed by atoms with E-state index < -0.39 is 5.91 Å². The van der Waals surface area contributed by atoms with Gasteiger partial charge in [0.05, 0.1) is 18.2 Å². The molecule has 0 saturated carbocycles. The Morgan fingerprint density at radius 2 is 2.00 bits per heavy atom. The van der Waals surface area contributed by atoms with Crippen molar-refractivity contribution in [3.05, 3.63) is 54.2 Å². The van der Waals surface area contributed by atoms with Gasteiger partial charge in [0.25, 0.3) is 5.91 Å². The van der Waals surface area contributed by atoms with E-state index in [1.54, 1.807) is 19.4 Å². The van der Waals surface area contributed by atoms with E-state index >= 15 is 0 Å². The van der Waals surface area contributed by atoms with E-state index in [4.69, 9.17) is 10.5 Å². The second-order valence-electron chi connectivity index (χ2n) is 4.56. The highest BCUT2D eigenvalue weighted by molar-refractivity contribution is 6.06. The van der Waals surface area contributed by atoms with Crippen molar-refractivity contribution in [1.29, 1.82) is 0 Å². The summed E-state index contributed by atoms with van der Waals surface area (Å²) in [6, 6.07) is 13.4. The van der Waals surface area contributed by atoms with Gasteiger partial charge < -0.3 is 15.5 Å². The first kappa shape index (κ1) is 12.3. The molecule has 1 heterocycles. The lowest BCUT2D eigenvalue weighted by Crippen LogP contribution is -2.11.